The number of alkyl carbamates (subject to hydrolysis) is 1. The summed E-state index contributed by atoms with van der Waals surface area (Å²) < 4.78 is 16.0. The number of aliphatic hydroxyl groups excluding tert-OH is 1. The van der Waals surface area contributed by atoms with Gasteiger partial charge >= 0.3 is 6.09 Å². The minimum Gasteiger partial charge on any atom is -0.444 e. The lowest BCUT2D eigenvalue weighted by Gasteiger charge is -2.35. The van der Waals surface area contributed by atoms with Gasteiger partial charge in [0.1, 0.15) is 17.7 Å². The van der Waals surface area contributed by atoms with Crippen molar-refractivity contribution < 1.29 is 43.3 Å². The van der Waals surface area contributed by atoms with Crippen LogP contribution in [0.25, 0.3) is 10.4 Å². The minimum atomic E-state index is -0.995. The molecule has 1 aromatic heterocycles. The number of carbonyl (C=O) groups is 5. The number of nitrogens with one attached hydrogen (secondary N) is 4. The van der Waals surface area contributed by atoms with E-state index >= 15 is 0 Å². The van der Waals surface area contributed by atoms with Crippen molar-refractivity contribution in [2.24, 2.45) is 5.41 Å². The molecule has 3 rings (SSSR count). The summed E-state index contributed by atoms with van der Waals surface area (Å²) in [5, 5.41) is 21.4. The van der Waals surface area contributed by atoms with Crippen molar-refractivity contribution in [3.63, 3.8) is 0 Å². The molecule has 1 fully saturated rings. The zero-order chi connectivity index (χ0) is 39.2. The number of aliphatic hydroxyl groups is 1. The lowest BCUT2D eigenvalue weighted by Crippen LogP contribution is -2.57. The molecule has 0 aliphatic carbocycles. The quantitative estimate of drug-likeness (QED) is 0.141. The molecule has 1 saturated heterocycles. The molecule has 16 heteroatoms. The molecular weight excluding hydrogens is 705 g/mol. The molecule has 294 valence electrons. The number of amides is 5. The molecule has 2 aromatic rings. The van der Waals surface area contributed by atoms with Gasteiger partial charge in [-0.3, -0.25) is 19.2 Å². The Labute approximate surface area is 315 Å². The van der Waals surface area contributed by atoms with Gasteiger partial charge in [0.2, 0.25) is 23.6 Å². The Balaban J connectivity index is 1.38. The number of likely N-dealkylation sites (tertiary alicyclic amines) is 1. The number of rotatable bonds is 18. The van der Waals surface area contributed by atoms with Gasteiger partial charge in [-0.05, 0) is 44.2 Å². The number of carbonyl (C=O) groups excluding carboxylic acids is 5. The molecule has 1 aliphatic rings. The van der Waals surface area contributed by atoms with Crippen LogP contribution in [0.4, 0.5) is 4.79 Å². The van der Waals surface area contributed by atoms with Gasteiger partial charge in [0.05, 0.1) is 48.6 Å². The van der Waals surface area contributed by atoms with Crippen molar-refractivity contribution in [2.45, 2.75) is 98.1 Å². The smallest absolute Gasteiger partial charge is 0.407 e. The van der Waals surface area contributed by atoms with Crippen LogP contribution >= 0.6 is 11.3 Å². The average molecular weight is 761 g/mol. The summed E-state index contributed by atoms with van der Waals surface area (Å²) >= 11 is 1.56. The van der Waals surface area contributed by atoms with E-state index < -0.39 is 53.0 Å². The van der Waals surface area contributed by atoms with Gasteiger partial charge in [-0.2, -0.15) is 0 Å². The first kappa shape index (κ1) is 43.3. The number of hydrogen-bond acceptors (Lipinski definition) is 11. The first-order valence-corrected chi connectivity index (χ1v) is 18.8. The summed E-state index contributed by atoms with van der Waals surface area (Å²) in [6.45, 7) is 14.6. The molecule has 5 amide bonds. The monoisotopic (exact) mass is 760 g/mol. The topological polar surface area (TPSA) is 198 Å². The highest BCUT2D eigenvalue weighted by atomic mass is 32.1. The van der Waals surface area contributed by atoms with E-state index in [9.17, 15) is 29.1 Å². The number of aryl methyl sites for hydroxylation is 1. The SMILES string of the molecule is Cc1ncsc1-c1ccc(CNC(=O)C2C[C@@H](O)CN2C(=O)[C@@H](NC(=O)CCC(=O)NCCOCCOCCNC(=O)OC(C)(C)C)C(C)(C)C)cc1. The number of thiazole rings is 1. The Hall–Kier alpha value is -4.12. The Kier molecular flexibility index (Phi) is 16.6. The van der Waals surface area contributed by atoms with Gasteiger partial charge in [0, 0.05) is 45.4 Å². The number of nitrogens with zero attached hydrogens (tertiary/aromatic N) is 2. The average Bonchev–Trinajstić information content (AvgIpc) is 3.69. The van der Waals surface area contributed by atoms with Gasteiger partial charge < -0.3 is 45.5 Å². The second-order valence-electron chi connectivity index (χ2n) is 14.9. The normalized spacial score (nSPS) is 16.5. The van der Waals surface area contributed by atoms with E-state index in [2.05, 4.69) is 26.3 Å². The Morgan fingerprint density at radius 1 is 0.906 bits per heavy atom. The summed E-state index contributed by atoms with van der Waals surface area (Å²) in [6, 6.07) is 5.91. The van der Waals surface area contributed by atoms with E-state index in [1.165, 1.54) is 4.90 Å². The van der Waals surface area contributed by atoms with Crippen molar-refractivity contribution in [1.82, 2.24) is 31.2 Å². The van der Waals surface area contributed by atoms with Crippen LogP contribution < -0.4 is 21.3 Å². The van der Waals surface area contributed by atoms with Crippen LogP contribution in [0, 0.1) is 12.3 Å². The Morgan fingerprint density at radius 2 is 1.53 bits per heavy atom. The second kappa shape index (κ2) is 20.4. The molecule has 1 aromatic carbocycles. The highest BCUT2D eigenvalue weighted by Gasteiger charge is 2.44. The predicted octanol–water partition coefficient (Wildman–Crippen LogP) is 2.68. The largest absolute Gasteiger partial charge is 0.444 e. The van der Waals surface area contributed by atoms with Crippen molar-refractivity contribution in [2.75, 3.05) is 46.1 Å². The van der Waals surface area contributed by atoms with Crippen molar-refractivity contribution in [3.05, 3.63) is 41.0 Å². The highest BCUT2D eigenvalue weighted by molar-refractivity contribution is 7.13. The fourth-order valence-corrected chi connectivity index (χ4v) is 6.26. The molecule has 0 saturated carbocycles. The summed E-state index contributed by atoms with van der Waals surface area (Å²) in [4.78, 5) is 70.8. The van der Waals surface area contributed by atoms with Gasteiger partial charge in [-0.1, -0.05) is 45.0 Å². The maximum absolute atomic E-state index is 13.8. The highest BCUT2D eigenvalue weighted by Crippen LogP contribution is 2.28. The first-order chi connectivity index (χ1) is 24.9. The van der Waals surface area contributed by atoms with E-state index in [1.54, 1.807) is 58.4 Å². The second-order valence-corrected chi connectivity index (χ2v) is 15.8. The lowest BCUT2D eigenvalue weighted by molar-refractivity contribution is -0.144. The molecule has 15 nitrogen and oxygen atoms in total. The molecule has 0 radical (unpaired) electrons. The van der Waals surface area contributed by atoms with Crippen LogP contribution in [0.15, 0.2) is 29.8 Å². The fraction of sp³-hybridized carbons (Fsp3) is 0.622. The summed E-state index contributed by atoms with van der Waals surface area (Å²) in [5.41, 5.74) is 3.38. The van der Waals surface area contributed by atoms with Gasteiger partial charge in [0.15, 0.2) is 0 Å². The number of aromatic nitrogens is 1. The van der Waals surface area contributed by atoms with Crippen LogP contribution in [-0.4, -0.2) is 115 Å². The van der Waals surface area contributed by atoms with E-state index in [0.717, 1.165) is 21.7 Å². The number of benzene rings is 1. The van der Waals surface area contributed by atoms with Gasteiger partial charge in [0.25, 0.3) is 0 Å². The van der Waals surface area contributed by atoms with E-state index in [1.807, 2.05) is 31.2 Å². The van der Waals surface area contributed by atoms with Crippen LogP contribution in [0.5, 0.6) is 0 Å². The molecule has 0 spiro atoms. The number of β-amino-alcohol motifs (C(OH)–C–C–N with tert-alkyl or cyclic N) is 1. The Morgan fingerprint density at radius 3 is 2.11 bits per heavy atom. The number of ether oxygens (including phenoxy) is 3. The summed E-state index contributed by atoms with van der Waals surface area (Å²) in [5.74, 6) is -1.70. The maximum atomic E-state index is 13.8. The van der Waals surface area contributed by atoms with Crippen molar-refractivity contribution in [3.8, 4) is 10.4 Å². The molecule has 2 heterocycles. The third-order valence-electron chi connectivity index (χ3n) is 8.15. The van der Waals surface area contributed by atoms with E-state index in [-0.39, 0.29) is 51.4 Å². The zero-order valence-electron chi connectivity index (χ0n) is 31.9. The van der Waals surface area contributed by atoms with Crippen molar-refractivity contribution >= 4 is 41.1 Å². The zero-order valence-corrected chi connectivity index (χ0v) is 32.7. The van der Waals surface area contributed by atoms with Gasteiger partial charge in [-0.15, -0.1) is 11.3 Å². The molecule has 0 bridgehead atoms. The molecule has 1 aliphatic heterocycles. The molecule has 1 unspecified atom stereocenters. The lowest BCUT2D eigenvalue weighted by atomic mass is 9.85. The standard InChI is InChI=1S/C37H56N6O9S/c1-24-31(53-23-41-24)26-10-8-25(9-11-26)21-40-33(47)28-20-27(44)22-43(28)34(48)32(36(2,3)4)42-30(46)13-12-29(45)38-14-16-50-18-19-51-17-15-39-35(49)52-37(5,6)7/h8-11,23,27-28,32,44H,12-22H2,1-7H3,(H,38,45)(H,39,49)(H,40,47)(H,42,46)/t27-,28?,32-/m1/s1. The molecule has 3 atom stereocenters. The van der Waals surface area contributed by atoms with Gasteiger partial charge in [-0.25, -0.2) is 9.78 Å². The third-order valence-corrected chi connectivity index (χ3v) is 9.12. The number of hydrogen-bond donors (Lipinski definition) is 5. The van der Waals surface area contributed by atoms with Crippen LogP contribution in [0.2, 0.25) is 0 Å². The van der Waals surface area contributed by atoms with Crippen LogP contribution in [0.3, 0.4) is 0 Å². The third kappa shape index (κ3) is 15.0. The van der Waals surface area contributed by atoms with E-state index in [0.29, 0.717) is 26.4 Å². The molecular formula is C37H56N6O9S. The molecule has 5 N–H and O–H groups in total. The Bertz CT molecular complexity index is 1520. The van der Waals surface area contributed by atoms with E-state index in [4.69, 9.17) is 14.2 Å². The first-order valence-electron chi connectivity index (χ1n) is 17.9. The maximum Gasteiger partial charge on any atom is 0.407 e. The van der Waals surface area contributed by atoms with Crippen LogP contribution in [-0.2, 0) is 39.9 Å². The van der Waals surface area contributed by atoms with Crippen molar-refractivity contribution in [1.29, 1.82) is 0 Å². The van der Waals surface area contributed by atoms with Crippen LogP contribution in [0.1, 0.15) is 72.1 Å². The molecule has 53 heavy (non-hydrogen) atoms. The fourth-order valence-electron chi connectivity index (χ4n) is 5.45. The summed E-state index contributed by atoms with van der Waals surface area (Å²) in [6.07, 6.45) is -1.56. The minimum absolute atomic E-state index is 0.0375. The predicted molar refractivity (Wildman–Crippen MR) is 200 cm³/mol. The summed E-state index contributed by atoms with van der Waals surface area (Å²) in [7, 11) is 0.